The van der Waals surface area contributed by atoms with Crippen molar-refractivity contribution in [2.24, 2.45) is 11.1 Å². The van der Waals surface area contributed by atoms with Crippen molar-refractivity contribution in [1.82, 2.24) is 10.6 Å². The van der Waals surface area contributed by atoms with Gasteiger partial charge in [0.2, 0.25) is 11.8 Å². The fourth-order valence-corrected chi connectivity index (χ4v) is 2.50. The van der Waals surface area contributed by atoms with Crippen molar-refractivity contribution in [2.45, 2.75) is 45.1 Å². The zero-order chi connectivity index (χ0) is 15.2. The summed E-state index contributed by atoms with van der Waals surface area (Å²) in [5.41, 5.74) is 4.51. The molecular weight excluding hydrogens is 262 g/mol. The van der Waals surface area contributed by atoms with E-state index in [4.69, 9.17) is 10.8 Å². The first-order chi connectivity index (χ1) is 9.41. The van der Waals surface area contributed by atoms with E-state index in [1.165, 1.54) is 0 Å². The van der Waals surface area contributed by atoms with Crippen LogP contribution in [0.3, 0.4) is 0 Å². The maximum Gasteiger partial charge on any atom is 0.326 e. The van der Waals surface area contributed by atoms with Crippen molar-refractivity contribution in [3.63, 3.8) is 0 Å². The Kier molecular flexibility index (Phi) is 5.94. The van der Waals surface area contributed by atoms with Crippen LogP contribution in [0.25, 0.3) is 0 Å². The molecule has 20 heavy (non-hydrogen) atoms. The van der Waals surface area contributed by atoms with E-state index in [1.807, 2.05) is 6.92 Å². The highest BCUT2D eigenvalue weighted by atomic mass is 16.4. The van der Waals surface area contributed by atoms with Gasteiger partial charge in [-0.1, -0.05) is 6.92 Å². The molecule has 114 valence electrons. The summed E-state index contributed by atoms with van der Waals surface area (Å²) in [5.74, 6) is -1.95. The molecule has 0 aliphatic carbocycles. The van der Waals surface area contributed by atoms with E-state index >= 15 is 0 Å². The summed E-state index contributed by atoms with van der Waals surface area (Å²) in [5, 5.41) is 14.9. The van der Waals surface area contributed by atoms with Gasteiger partial charge in [0.15, 0.2) is 0 Å². The normalized spacial score (nSPS) is 19.1. The van der Waals surface area contributed by atoms with Gasteiger partial charge in [0.25, 0.3) is 0 Å². The summed E-state index contributed by atoms with van der Waals surface area (Å²) in [7, 11) is 0. The minimum absolute atomic E-state index is 0.0223. The number of carbonyl (C=O) groups is 3. The summed E-state index contributed by atoms with van der Waals surface area (Å²) in [4.78, 5) is 34.3. The molecule has 1 saturated heterocycles. The number of hydrogen-bond donors (Lipinski definition) is 4. The van der Waals surface area contributed by atoms with E-state index < -0.39 is 23.3 Å². The van der Waals surface area contributed by atoms with E-state index in [1.54, 1.807) is 0 Å². The first-order valence-electron chi connectivity index (χ1n) is 6.94. The first-order valence-corrected chi connectivity index (χ1v) is 6.94. The molecule has 0 spiro atoms. The Balaban J connectivity index is 2.68. The smallest absolute Gasteiger partial charge is 0.326 e. The molecule has 0 unspecified atom stereocenters. The van der Waals surface area contributed by atoms with Crippen LogP contribution in [-0.2, 0) is 14.4 Å². The Hall–Kier alpha value is -1.63. The Morgan fingerprint density at radius 3 is 2.40 bits per heavy atom. The zero-order valence-electron chi connectivity index (χ0n) is 11.8. The molecule has 1 fully saturated rings. The van der Waals surface area contributed by atoms with Crippen LogP contribution in [0, 0.1) is 5.41 Å². The Bertz CT molecular complexity index is 378. The number of carboxylic acid groups (broad SMARTS) is 1. The van der Waals surface area contributed by atoms with E-state index in [2.05, 4.69) is 10.6 Å². The number of aliphatic carboxylic acids is 1. The average molecular weight is 285 g/mol. The molecule has 0 aromatic carbocycles. The summed E-state index contributed by atoms with van der Waals surface area (Å²) in [6.07, 6.45) is 2.02. The molecule has 1 rings (SSSR count). The second-order valence-corrected chi connectivity index (χ2v) is 5.25. The molecule has 7 heteroatoms. The second kappa shape index (κ2) is 7.23. The number of nitrogens with two attached hydrogens (primary N) is 1. The number of piperidine rings is 1. The molecule has 1 aliphatic rings. The quantitative estimate of drug-likeness (QED) is 0.507. The number of rotatable bonds is 7. The molecule has 5 N–H and O–H groups in total. The number of carbonyl (C=O) groups excluding carboxylic acids is 2. The Morgan fingerprint density at radius 1 is 1.35 bits per heavy atom. The summed E-state index contributed by atoms with van der Waals surface area (Å²) < 4.78 is 0. The van der Waals surface area contributed by atoms with Crippen molar-refractivity contribution in [1.29, 1.82) is 0 Å². The number of hydrogen-bond acceptors (Lipinski definition) is 4. The third-order valence-corrected chi connectivity index (χ3v) is 4.00. The highest BCUT2D eigenvalue weighted by molar-refractivity contribution is 5.88. The van der Waals surface area contributed by atoms with Crippen molar-refractivity contribution >= 4 is 17.8 Å². The molecule has 0 aromatic heterocycles. The number of amides is 2. The standard InChI is InChI=1S/C13H23N3O4/c1-2-13(5-7-15-8-6-13)12(20)16-9(11(18)19)3-4-10(14)17/h9,15H,2-8H2,1H3,(H2,14,17)(H,16,20)(H,18,19)/t9-/m0/s1. The van der Waals surface area contributed by atoms with Crippen molar-refractivity contribution in [3.8, 4) is 0 Å². The third-order valence-electron chi connectivity index (χ3n) is 4.00. The van der Waals surface area contributed by atoms with Crippen LogP contribution < -0.4 is 16.4 Å². The lowest BCUT2D eigenvalue weighted by Crippen LogP contribution is -2.52. The Labute approximate surface area is 118 Å². The van der Waals surface area contributed by atoms with Gasteiger partial charge in [-0.2, -0.15) is 0 Å². The van der Waals surface area contributed by atoms with E-state index in [9.17, 15) is 14.4 Å². The van der Waals surface area contributed by atoms with E-state index in [-0.39, 0.29) is 18.7 Å². The molecule has 0 bridgehead atoms. The van der Waals surface area contributed by atoms with Crippen LogP contribution in [0.4, 0.5) is 0 Å². The van der Waals surface area contributed by atoms with Crippen molar-refractivity contribution < 1.29 is 19.5 Å². The average Bonchev–Trinajstić information content (AvgIpc) is 2.43. The number of primary amides is 1. The molecular formula is C13H23N3O4. The Morgan fingerprint density at radius 2 is 1.95 bits per heavy atom. The molecule has 0 saturated carbocycles. The lowest BCUT2D eigenvalue weighted by Gasteiger charge is -2.36. The van der Waals surface area contributed by atoms with Crippen LogP contribution >= 0.6 is 0 Å². The summed E-state index contributed by atoms with van der Waals surface area (Å²) >= 11 is 0. The lowest BCUT2D eigenvalue weighted by molar-refractivity contribution is -0.145. The van der Waals surface area contributed by atoms with Gasteiger partial charge >= 0.3 is 5.97 Å². The van der Waals surface area contributed by atoms with Gasteiger partial charge in [-0.3, -0.25) is 9.59 Å². The van der Waals surface area contributed by atoms with Gasteiger partial charge in [0.05, 0.1) is 5.41 Å². The van der Waals surface area contributed by atoms with E-state index in [0.717, 1.165) is 13.1 Å². The van der Waals surface area contributed by atoms with Gasteiger partial charge in [0, 0.05) is 6.42 Å². The van der Waals surface area contributed by atoms with Gasteiger partial charge < -0.3 is 21.5 Å². The molecule has 2 amide bonds. The van der Waals surface area contributed by atoms with Crippen LogP contribution in [0.5, 0.6) is 0 Å². The zero-order valence-corrected chi connectivity index (χ0v) is 11.8. The topological polar surface area (TPSA) is 122 Å². The van der Waals surface area contributed by atoms with E-state index in [0.29, 0.717) is 19.3 Å². The molecule has 0 aromatic rings. The van der Waals surface area contributed by atoms with Gasteiger partial charge in [-0.15, -0.1) is 0 Å². The first kappa shape index (κ1) is 16.4. The molecule has 1 atom stereocenters. The van der Waals surface area contributed by atoms with Crippen LogP contribution in [0.15, 0.2) is 0 Å². The van der Waals surface area contributed by atoms with Crippen LogP contribution in [0.1, 0.15) is 39.0 Å². The monoisotopic (exact) mass is 285 g/mol. The molecule has 1 heterocycles. The largest absolute Gasteiger partial charge is 0.480 e. The highest BCUT2D eigenvalue weighted by Gasteiger charge is 2.39. The SMILES string of the molecule is CCC1(C(=O)N[C@@H](CCC(N)=O)C(=O)O)CCNCC1. The highest BCUT2D eigenvalue weighted by Crippen LogP contribution is 2.32. The molecule has 7 nitrogen and oxygen atoms in total. The molecule has 1 aliphatic heterocycles. The van der Waals surface area contributed by atoms with Gasteiger partial charge in [0.1, 0.15) is 6.04 Å². The van der Waals surface area contributed by atoms with Gasteiger partial charge in [-0.05, 0) is 38.8 Å². The summed E-state index contributed by atoms with van der Waals surface area (Å²) in [6, 6.07) is -1.06. The number of carboxylic acids is 1. The van der Waals surface area contributed by atoms with Crippen LogP contribution in [-0.4, -0.2) is 42.0 Å². The minimum Gasteiger partial charge on any atom is -0.480 e. The predicted molar refractivity (Wildman–Crippen MR) is 72.8 cm³/mol. The predicted octanol–water partition coefficient (Wildman–Crippen LogP) is -0.399. The number of nitrogens with one attached hydrogen (secondary N) is 2. The molecule has 0 radical (unpaired) electrons. The maximum atomic E-state index is 12.4. The fraction of sp³-hybridized carbons (Fsp3) is 0.769. The van der Waals surface area contributed by atoms with Crippen molar-refractivity contribution in [2.75, 3.05) is 13.1 Å². The lowest BCUT2D eigenvalue weighted by atomic mass is 9.75. The fourth-order valence-electron chi connectivity index (χ4n) is 2.50. The van der Waals surface area contributed by atoms with Gasteiger partial charge in [-0.25, -0.2) is 4.79 Å². The summed E-state index contributed by atoms with van der Waals surface area (Å²) in [6.45, 7) is 3.44. The minimum atomic E-state index is -1.14. The van der Waals surface area contributed by atoms with Crippen LogP contribution in [0.2, 0.25) is 0 Å². The van der Waals surface area contributed by atoms with Crippen molar-refractivity contribution in [3.05, 3.63) is 0 Å². The third kappa shape index (κ3) is 4.19. The second-order valence-electron chi connectivity index (χ2n) is 5.25. The maximum absolute atomic E-state index is 12.4.